The van der Waals surface area contributed by atoms with Crippen molar-refractivity contribution >= 4 is 23.7 Å². The Hall–Kier alpha value is -3.92. The van der Waals surface area contributed by atoms with E-state index in [1.165, 1.54) is 4.90 Å². The number of nitrogens with zero attached hydrogens (tertiary/aromatic N) is 1. The third-order valence-electron chi connectivity index (χ3n) is 6.49. The zero-order valence-electron chi connectivity index (χ0n) is 22.6. The molecule has 3 amide bonds. The monoisotopic (exact) mass is 539 g/mol. The fourth-order valence-corrected chi connectivity index (χ4v) is 4.50. The van der Waals surface area contributed by atoms with Crippen molar-refractivity contribution in [2.75, 3.05) is 53.1 Å². The van der Waals surface area contributed by atoms with Crippen molar-refractivity contribution in [3.05, 3.63) is 65.7 Å². The second kappa shape index (κ2) is 14.9. The number of carbonyl (C=O) groups is 4. The van der Waals surface area contributed by atoms with Gasteiger partial charge in [0.05, 0.1) is 18.6 Å². The summed E-state index contributed by atoms with van der Waals surface area (Å²) in [7, 11) is 1.59. The molecular weight excluding hydrogens is 502 g/mol. The van der Waals surface area contributed by atoms with Gasteiger partial charge in [0.2, 0.25) is 5.91 Å². The van der Waals surface area contributed by atoms with Gasteiger partial charge in [0.25, 0.3) is 11.8 Å². The van der Waals surface area contributed by atoms with Crippen LogP contribution >= 0.6 is 0 Å². The van der Waals surface area contributed by atoms with E-state index in [0.717, 1.165) is 5.56 Å². The predicted molar refractivity (Wildman–Crippen MR) is 144 cm³/mol. The molecule has 3 rings (SSSR count). The summed E-state index contributed by atoms with van der Waals surface area (Å²) < 4.78 is 16.4. The number of carbonyl (C=O) groups excluding carboxylic acids is 4. The Labute approximate surface area is 229 Å². The van der Waals surface area contributed by atoms with Gasteiger partial charge in [0, 0.05) is 38.9 Å². The fraction of sp³-hybridized carbons (Fsp3) is 0.448. The first-order chi connectivity index (χ1) is 18.9. The van der Waals surface area contributed by atoms with E-state index in [9.17, 15) is 19.2 Å². The molecule has 0 radical (unpaired) electrons. The molecule has 0 aromatic heterocycles. The van der Waals surface area contributed by atoms with Crippen LogP contribution < -0.4 is 15.4 Å². The molecule has 1 unspecified atom stereocenters. The van der Waals surface area contributed by atoms with Crippen molar-refractivity contribution in [2.24, 2.45) is 5.41 Å². The minimum absolute atomic E-state index is 0.0174. The van der Waals surface area contributed by atoms with Gasteiger partial charge in [-0.05, 0) is 56.0 Å². The molecule has 210 valence electrons. The van der Waals surface area contributed by atoms with Gasteiger partial charge >= 0.3 is 5.97 Å². The highest BCUT2D eigenvalue weighted by atomic mass is 16.5. The van der Waals surface area contributed by atoms with E-state index in [0.29, 0.717) is 30.8 Å². The minimum atomic E-state index is -1.08. The molecule has 2 N–H and O–H groups in total. The summed E-state index contributed by atoms with van der Waals surface area (Å²) in [5, 5.41) is 5.61. The number of ether oxygens (including phenoxy) is 3. The molecule has 1 atom stereocenters. The molecule has 10 heteroatoms. The molecule has 2 aromatic carbocycles. The van der Waals surface area contributed by atoms with Crippen molar-refractivity contribution in [3.8, 4) is 5.75 Å². The third-order valence-corrected chi connectivity index (χ3v) is 6.49. The maximum atomic E-state index is 13.4. The Morgan fingerprint density at radius 2 is 1.85 bits per heavy atom. The highest BCUT2D eigenvalue weighted by Crippen LogP contribution is 2.32. The van der Waals surface area contributed by atoms with Crippen molar-refractivity contribution in [3.63, 3.8) is 0 Å². The molecule has 0 aliphatic carbocycles. The van der Waals surface area contributed by atoms with Crippen molar-refractivity contribution in [1.29, 1.82) is 0 Å². The summed E-state index contributed by atoms with van der Waals surface area (Å²) in [4.78, 5) is 53.5. The average Bonchev–Trinajstić information content (AvgIpc) is 2.94. The van der Waals surface area contributed by atoms with Gasteiger partial charge in [-0.15, -0.1) is 0 Å². The highest BCUT2D eigenvalue weighted by Gasteiger charge is 2.40. The first kappa shape index (κ1) is 29.6. The number of rotatable bonds is 7. The summed E-state index contributed by atoms with van der Waals surface area (Å²) >= 11 is 0. The SMILES string of the molecule is CCOC(=O)C1(CCCOC)CNC(=O)CN(C(=O)c2ccccc2)CCNC(=O)COc2cccc(c2)C1. The van der Waals surface area contributed by atoms with Crippen LogP contribution in [0.5, 0.6) is 5.75 Å². The van der Waals surface area contributed by atoms with Crippen molar-refractivity contribution < 1.29 is 33.4 Å². The first-order valence-corrected chi connectivity index (χ1v) is 13.1. The van der Waals surface area contributed by atoms with Gasteiger partial charge in [-0.25, -0.2) is 0 Å². The maximum absolute atomic E-state index is 13.4. The lowest BCUT2D eigenvalue weighted by molar-refractivity contribution is -0.156. The van der Waals surface area contributed by atoms with Crippen molar-refractivity contribution in [1.82, 2.24) is 15.5 Å². The number of hydrogen-bond acceptors (Lipinski definition) is 7. The number of fused-ring (bicyclic) bond motifs is 2. The van der Waals surface area contributed by atoms with Crippen molar-refractivity contribution in [2.45, 2.75) is 26.2 Å². The van der Waals surface area contributed by atoms with E-state index in [-0.39, 0.29) is 57.6 Å². The smallest absolute Gasteiger partial charge is 0.314 e. The van der Waals surface area contributed by atoms with Gasteiger partial charge in [-0.1, -0.05) is 30.3 Å². The zero-order chi connectivity index (χ0) is 28.1. The summed E-state index contributed by atoms with van der Waals surface area (Å²) in [5.41, 5.74) is 0.139. The molecule has 0 spiro atoms. The van der Waals surface area contributed by atoms with Crippen LogP contribution in [0, 0.1) is 5.41 Å². The molecule has 39 heavy (non-hydrogen) atoms. The van der Waals surface area contributed by atoms with Gasteiger partial charge < -0.3 is 29.7 Å². The van der Waals surface area contributed by atoms with Crippen LogP contribution in [0.15, 0.2) is 54.6 Å². The number of nitrogens with one attached hydrogen (secondary N) is 2. The molecule has 0 fully saturated rings. The third kappa shape index (κ3) is 8.81. The quantitative estimate of drug-likeness (QED) is 0.407. The number of esters is 1. The predicted octanol–water partition coefficient (Wildman–Crippen LogP) is 1.97. The first-order valence-electron chi connectivity index (χ1n) is 13.1. The molecule has 0 saturated heterocycles. The summed E-state index contributed by atoms with van der Waals surface area (Å²) in [6, 6.07) is 15.8. The summed E-state index contributed by atoms with van der Waals surface area (Å²) in [5.74, 6) is -1.07. The van der Waals surface area contributed by atoms with Gasteiger partial charge in [0.15, 0.2) is 6.61 Å². The molecule has 1 aliphatic heterocycles. The van der Waals surface area contributed by atoms with Crippen LogP contribution in [0.1, 0.15) is 35.7 Å². The lowest BCUT2D eigenvalue weighted by Gasteiger charge is -2.32. The summed E-state index contributed by atoms with van der Waals surface area (Å²) in [6.07, 6.45) is 1.24. The van der Waals surface area contributed by atoms with E-state index in [4.69, 9.17) is 14.2 Å². The number of methoxy groups -OCH3 is 1. The lowest BCUT2D eigenvalue weighted by atomic mass is 9.77. The molecule has 1 heterocycles. The van der Waals surface area contributed by atoms with Crippen LogP contribution in [0.3, 0.4) is 0 Å². The molecule has 0 saturated carbocycles. The van der Waals surface area contributed by atoms with Gasteiger partial charge in [-0.2, -0.15) is 0 Å². The highest BCUT2D eigenvalue weighted by molar-refractivity contribution is 5.96. The van der Waals surface area contributed by atoms with Gasteiger partial charge in [-0.3, -0.25) is 19.2 Å². The lowest BCUT2D eigenvalue weighted by Crippen LogP contribution is -2.49. The normalized spacial score (nSPS) is 18.9. The Morgan fingerprint density at radius 1 is 1.05 bits per heavy atom. The van der Waals surface area contributed by atoms with Crippen LogP contribution in [0.2, 0.25) is 0 Å². The van der Waals surface area contributed by atoms with E-state index in [1.54, 1.807) is 62.6 Å². The standard InChI is InChI=1S/C29H37N3O7/c1-3-38-28(36)29(13-8-16-37-2)18-22-9-7-12-24(17-22)39-20-26(34)30-14-15-32(19-25(33)31-21-29)27(35)23-10-5-4-6-11-23/h4-7,9-12,17H,3,8,13-16,18-21H2,1-2H3,(H,30,34)(H,31,33). The Balaban J connectivity index is 1.93. The average molecular weight is 540 g/mol. The minimum Gasteiger partial charge on any atom is -0.484 e. The molecular formula is C29H37N3O7. The second-order valence-electron chi connectivity index (χ2n) is 9.43. The Morgan fingerprint density at radius 3 is 2.59 bits per heavy atom. The topological polar surface area (TPSA) is 123 Å². The van der Waals surface area contributed by atoms with Crippen LogP contribution in [-0.4, -0.2) is 81.7 Å². The molecule has 2 aromatic rings. The van der Waals surface area contributed by atoms with Crippen LogP contribution in [0.25, 0.3) is 0 Å². The zero-order valence-corrected chi connectivity index (χ0v) is 22.6. The number of amides is 3. The molecule has 10 nitrogen and oxygen atoms in total. The van der Waals surface area contributed by atoms with Crippen LogP contribution in [-0.2, 0) is 30.3 Å². The fourth-order valence-electron chi connectivity index (χ4n) is 4.50. The van der Waals surface area contributed by atoms with Gasteiger partial charge in [0.1, 0.15) is 5.75 Å². The van der Waals surface area contributed by atoms with E-state index >= 15 is 0 Å². The van der Waals surface area contributed by atoms with E-state index in [1.807, 2.05) is 6.07 Å². The molecule has 2 bridgehead atoms. The molecule has 1 aliphatic rings. The summed E-state index contributed by atoms with van der Waals surface area (Å²) in [6.45, 7) is 2.17. The number of benzene rings is 2. The van der Waals surface area contributed by atoms with E-state index in [2.05, 4.69) is 10.6 Å². The second-order valence-corrected chi connectivity index (χ2v) is 9.43. The maximum Gasteiger partial charge on any atom is 0.314 e. The largest absolute Gasteiger partial charge is 0.484 e. The Kier molecular flexibility index (Phi) is 11.3. The van der Waals surface area contributed by atoms with E-state index < -0.39 is 17.3 Å². The Bertz CT molecular complexity index is 1120. The number of hydrogen-bond donors (Lipinski definition) is 2. The van der Waals surface area contributed by atoms with Crippen LogP contribution in [0.4, 0.5) is 0 Å².